The third-order valence-electron chi connectivity index (χ3n) is 8.96. The number of ketones is 2. The Morgan fingerprint density at radius 1 is 1.14 bits per heavy atom. The summed E-state index contributed by atoms with van der Waals surface area (Å²) in [4.78, 5) is 44.0. The maximum atomic E-state index is 14.1. The summed E-state index contributed by atoms with van der Waals surface area (Å²) in [5.74, 6) is -7.55. The lowest BCUT2D eigenvalue weighted by Gasteiger charge is -2.50. The molecule has 3 aliphatic carbocycles. The van der Waals surface area contributed by atoms with E-state index in [1.54, 1.807) is 25.1 Å². The van der Waals surface area contributed by atoms with E-state index in [1.807, 2.05) is 0 Å². The van der Waals surface area contributed by atoms with Crippen molar-refractivity contribution in [1.29, 1.82) is 0 Å². The van der Waals surface area contributed by atoms with Crippen LogP contribution in [0.1, 0.15) is 36.5 Å². The number of aliphatic hydroxyl groups excluding tert-OH is 2. The number of carbonyl (C=O) groups excluding carboxylic acids is 3. The zero-order valence-electron chi connectivity index (χ0n) is 25.3. The van der Waals surface area contributed by atoms with Gasteiger partial charge in [0.2, 0.25) is 5.78 Å². The molecule has 1 aromatic rings. The van der Waals surface area contributed by atoms with Gasteiger partial charge in [0.1, 0.15) is 22.8 Å². The highest BCUT2D eigenvalue weighted by Crippen LogP contribution is 2.54. The predicted octanol–water partition coefficient (Wildman–Crippen LogP) is 1.92. The minimum Gasteiger partial charge on any atom is -0.508 e. The first-order valence-electron chi connectivity index (χ1n) is 13.7. The van der Waals surface area contributed by atoms with Crippen molar-refractivity contribution >= 4 is 42.4 Å². The van der Waals surface area contributed by atoms with E-state index < -0.39 is 82.4 Å². The summed E-state index contributed by atoms with van der Waals surface area (Å²) in [6.45, 7) is 1.27. The number of amides is 1. The van der Waals surface area contributed by atoms with Gasteiger partial charge in [-0.3, -0.25) is 24.2 Å². The average Bonchev–Trinajstić information content (AvgIpc) is 2.86. The van der Waals surface area contributed by atoms with Gasteiger partial charge in [0.15, 0.2) is 11.4 Å². The Balaban J connectivity index is 0.00000529. The van der Waals surface area contributed by atoms with E-state index in [1.165, 1.54) is 37.9 Å². The SMILES string of the molecule is CC(CC(F)(F)F)N(C)Cc1cc(N(C)C)c2c(c1O)C(O)=C1C(=O)[C@]3(O)C(O)=C(C(N)=O)C(=O)[C@@H](N(C)C)[C@@H]3C[C@@H]1C2.S. The molecule has 0 aromatic heterocycles. The largest absolute Gasteiger partial charge is 0.508 e. The van der Waals surface area contributed by atoms with Crippen molar-refractivity contribution in [2.24, 2.45) is 17.6 Å². The second kappa shape index (κ2) is 11.9. The van der Waals surface area contributed by atoms with Gasteiger partial charge in [0.25, 0.3) is 5.91 Å². The summed E-state index contributed by atoms with van der Waals surface area (Å²) >= 11 is 0. The fraction of sp³-hybridized carbons (Fsp3) is 0.552. The van der Waals surface area contributed by atoms with E-state index in [-0.39, 0.29) is 49.6 Å². The van der Waals surface area contributed by atoms with Crippen LogP contribution in [-0.4, -0.2) is 107 Å². The van der Waals surface area contributed by atoms with Gasteiger partial charge < -0.3 is 31.1 Å². The Morgan fingerprint density at radius 2 is 1.73 bits per heavy atom. The van der Waals surface area contributed by atoms with Gasteiger partial charge in [0.05, 0.1) is 18.0 Å². The number of halogens is 3. The number of primary amides is 1. The Kier molecular flexibility index (Phi) is 9.53. The van der Waals surface area contributed by atoms with Gasteiger partial charge in [-0.15, -0.1) is 0 Å². The van der Waals surface area contributed by atoms with Gasteiger partial charge in [-0.05, 0) is 58.5 Å². The van der Waals surface area contributed by atoms with Crippen LogP contribution in [0.25, 0.3) is 5.76 Å². The number of hydrogen-bond donors (Lipinski definition) is 5. The fourth-order valence-corrected chi connectivity index (χ4v) is 6.78. The molecule has 6 N–H and O–H groups in total. The van der Waals surface area contributed by atoms with Crippen LogP contribution in [0.4, 0.5) is 18.9 Å². The Morgan fingerprint density at radius 3 is 2.23 bits per heavy atom. The molecule has 44 heavy (non-hydrogen) atoms. The number of aliphatic hydroxyl groups is 3. The number of Topliss-reactive ketones (excluding diaryl/α,β-unsaturated/α-hetero) is 2. The Labute approximate surface area is 259 Å². The molecule has 1 unspecified atom stereocenters. The Hall–Kier alpha value is -3.27. The van der Waals surface area contributed by atoms with Crippen LogP contribution < -0.4 is 10.6 Å². The molecule has 5 atom stereocenters. The summed E-state index contributed by atoms with van der Waals surface area (Å²) in [7, 11) is 7.93. The molecule has 244 valence electrons. The van der Waals surface area contributed by atoms with E-state index in [0.29, 0.717) is 11.3 Å². The number of carbonyl (C=O) groups is 3. The molecule has 11 nitrogen and oxygen atoms in total. The number of nitrogens with two attached hydrogens (primary N) is 1. The maximum absolute atomic E-state index is 14.1. The second-order valence-corrected chi connectivity index (χ2v) is 12.2. The third kappa shape index (κ3) is 5.54. The molecular weight excluding hydrogens is 605 g/mol. The second-order valence-electron chi connectivity index (χ2n) is 12.2. The molecule has 4 rings (SSSR count). The van der Waals surface area contributed by atoms with E-state index in [9.17, 15) is 48.0 Å². The number of rotatable bonds is 7. The van der Waals surface area contributed by atoms with Gasteiger partial charge >= 0.3 is 6.18 Å². The van der Waals surface area contributed by atoms with Gasteiger partial charge in [-0.25, -0.2) is 0 Å². The number of alkyl halides is 3. The molecule has 1 aromatic carbocycles. The number of fused-ring (bicyclic) bond motifs is 3. The molecule has 1 saturated carbocycles. The van der Waals surface area contributed by atoms with Gasteiger partial charge in [0, 0.05) is 49.4 Å². The van der Waals surface area contributed by atoms with Crippen LogP contribution in [0.2, 0.25) is 0 Å². The summed E-state index contributed by atoms with van der Waals surface area (Å²) in [5, 5.41) is 45.7. The maximum Gasteiger partial charge on any atom is 0.390 e. The number of phenols is 1. The van der Waals surface area contributed by atoms with Crippen LogP contribution in [0.3, 0.4) is 0 Å². The molecule has 15 heteroatoms. The van der Waals surface area contributed by atoms with Crippen LogP contribution in [-0.2, 0) is 27.3 Å². The summed E-state index contributed by atoms with van der Waals surface area (Å²) in [5.41, 5.74) is 2.46. The average molecular weight is 645 g/mol. The molecule has 0 aliphatic heterocycles. The normalized spacial score (nSPS) is 25.9. The molecule has 1 fully saturated rings. The molecule has 0 bridgehead atoms. The molecule has 0 radical (unpaired) electrons. The number of nitrogens with zero attached hydrogens (tertiary/aromatic N) is 3. The first-order chi connectivity index (χ1) is 19.7. The highest BCUT2D eigenvalue weighted by molar-refractivity contribution is 7.59. The zero-order valence-corrected chi connectivity index (χ0v) is 26.3. The first-order valence-corrected chi connectivity index (χ1v) is 13.7. The number of anilines is 1. The smallest absolute Gasteiger partial charge is 0.390 e. The van der Waals surface area contributed by atoms with Crippen LogP contribution in [0.15, 0.2) is 23.0 Å². The van der Waals surface area contributed by atoms with Crippen molar-refractivity contribution in [3.8, 4) is 5.75 Å². The van der Waals surface area contributed by atoms with Crippen molar-refractivity contribution in [3.63, 3.8) is 0 Å². The summed E-state index contributed by atoms with van der Waals surface area (Å²) in [6, 6.07) is -0.519. The number of phenolic OH excluding ortho intramolecular Hbond substituents is 1. The summed E-state index contributed by atoms with van der Waals surface area (Å²) in [6.07, 6.45) is -5.45. The number of benzene rings is 1. The molecule has 3 aliphatic rings. The van der Waals surface area contributed by atoms with Crippen molar-refractivity contribution in [2.45, 2.75) is 56.6 Å². The van der Waals surface area contributed by atoms with Crippen molar-refractivity contribution in [2.75, 3.05) is 40.1 Å². The van der Waals surface area contributed by atoms with Crippen molar-refractivity contribution in [1.82, 2.24) is 9.80 Å². The van der Waals surface area contributed by atoms with E-state index >= 15 is 0 Å². The minimum atomic E-state index is -4.40. The lowest BCUT2D eigenvalue weighted by atomic mass is 9.57. The van der Waals surface area contributed by atoms with Crippen molar-refractivity contribution in [3.05, 3.63) is 39.7 Å². The molecular formula is C29H39F3N4O7S. The van der Waals surface area contributed by atoms with E-state index in [4.69, 9.17) is 5.73 Å². The third-order valence-corrected chi connectivity index (χ3v) is 8.96. The minimum absolute atomic E-state index is 0. The quantitative estimate of drug-likeness (QED) is 0.277. The number of hydrogen-bond acceptors (Lipinski definition) is 10. The molecule has 1 amide bonds. The summed E-state index contributed by atoms with van der Waals surface area (Å²) < 4.78 is 39.1. The van der Waals surface area contributed by atoms with Gasteiger partial charge in [-0.2, -0.15) is 26.7 Å². The van der Waals surface area contributed by atoms with Crippen LogP contribution in [0.5, 0.6) is 5.75 Å². The standard InChI is InChI=1S/C29H37F3N4O7.H2S/c1-12(10-28(30,31)32)36(6)11-14-9-17(34(2)3)15-7-13-8-16-21(35(4)5)24(39)20(27(33)42)26(41)29(16,43)25(40)18(13)23(38)19(15)22(14)37;/h9,12-13,16,21,37-38,41,43H,7-8,10-11H2,1-6H3,(H2,33,42);1H2/t12?,13-,16-,21-,29-;/m0./s1. The van der Waals surface area contributed by atoms with Crippen LogP contribution in [0, 0.1) is 11.8 Å². The number of likely N-dealkylation sites (N-methyl/N-ethyl adjacent to an activating group) is 1. The van der Waals surface area contributed by atoms with Crippen LogP contribution >= 0.6 is 13.5 Å². The topological polar surface area (TPSA) is 168 Å². The van der Waals surface area contributed by atoms with Gasteiger partial charge in [-0.1, -0.05) is 0 Å². The predicted molar refractivity (Wildman–Crippen MR) is 161 cm³/mol. The van der Waals surface area contributed by atoms with E-state index in [2.05, 4.69) is 0 Å². The van der Waals surface area contributed by atoms with Crippen molar-refractivity contribution < 1.29 is 48.0 Å². The molecule has 0 spiro atoms. The highest BCUT2D eigenvalue weighted by atomic mass is 32.1. The number of aromatic hydroxyl groups is 1. The zero-order chi connectivity index (χ0) is 32.5. The first kappa shape index (κ1) is 35.2. The Bertz CT molecular complexity index is 1460. The lowest BCUT2D eigenvalue weighted by molar-refractivity contribution is -0.153. The fourth-order valence-electron chi connectivity index (χ4n) is 6.78. The highest BCUT2D eigenvalue weighted by Gasteiger charge is 2.64. The monoisotopic (exact) mass is 644 g/mol. The molecule has 0 saturated heterocycles. The molecule has 0 heterocycles. The lowest BCUT2D eigenvalue weighted by Crippen LogP contribution is -2.65. The van der Waals surface area contributed by atoms with E-state index in [0.717, 1.165) is 0 Å².